The zero-order valence-electron chi connectivity index (χ0n) is 13.9. The maximum atomic E-state index is 5.40. The summed E-state index contributed by atoms with van der Waals surface area (Å²) in [5.41, 5.74) is 1.70. The molecule has 1 aliphatic rings. The molecule has 1 saturated heterocycles. The minimum Gasteiger partial charge on any atom is -0.378 e. The van der Waals surface area contributed by atoms with Crippen molar-refractivity contribution in [1.82, 2.24) is 19.9 Å². The molecule has 0 aromatic carbocycles. The van der Waals surface area contributed by atoms with Crippen LogP contribution in [0.4, 0.5) is 0 Å². The number of aliphatic imine (C=N–C) groups is 1. The molecular formula is C15H25N5O2. The number of likely N-dealkylation sites (tertiary alicyclic amines) is 1. The summed E-state index contributed by atoms with van der Waals surface area (Å²) in [7, 11) is 5.55. The van der Waals surface area contributed by atoms with E-state index < -0.39 is 0 Å². The summed E-state index contributed by atoms with van der Waals surface area (Å²) in [6, 6.07) is 0. The average Bonchev–Trinajstić information content (AvgIpc) is 3.17. The van der Waals surface area contributed by atoms with Gasteiger partial charge in [0.25, 0.3) is 5.89 Å². The monoisotopic (exact) mass is 307 g/mol. The summed E-state index contributed by atoms with van der Waals surface area (Å²) in [6.45, 7) is 4.49. The Hall–Kier alpha value is -1.89. The lowest BCUT2D eigenvalue weighted by molar-refractivity contribution is 0.197. The highest BCUT2D eigenvalue weighted by molar-refractivity contribution is 5.71. The summed E-state index contributed by atoms with van der Waals surface area (Å²) in [5.74, 6) is 1.14. The van der Waals surface area contributed by atoms with Gasteiger partial charge in [0.2, 0.25) is 0 Å². The van der Waals surface area contributed by atoms with Gasteiger partial charge in [0.05, 0.1) is 18.6 Å². The second-order valence-electron chi connectivity index (χ2n) is 5.50. The fourth-order valence-electron chi connectivity index (χ4n) is 2.35. The highest BCUT2D eigenvalue weighted by Crippen LogP contribution is 2.25. The van der Waals surface area contributed by atoms with Gasteiger partial charge in [-0.05, 0) is 12.8 Å². The summed E-state index contributed by atoms with van der Waals surface area (Å²) < 4.78 is 10.8. The lowest BCUT2D eigenvalue weighted by Crippen LogP contribution is -2.23. The molecule has 1 aromatic heterocycles. The molecule has 7 nitrogen and oxygen atoms in total. The number of aryl methyl sites for hydroxylation is 1. The van der Waals surface area contributed by atoms with Crippen molar-refractivity contribution in [3.8, 4) is 0 Å². The molecule has 0 atom stereocenters. The molecule has 1 fully saturated rings. The van der Waals surface area contributed by atoms with Gasteiger partial charge in [0.1, 0.15) is 0 Å². The van der Waals surface area contributed by atoms with Crippen LogP contribution < -0.4 is 0 Å². The SMILES string of the molecule is CCc1noc(C(N=CN(C)C)=C(COC)N2CCCC2)n1. The number of nitrogens with zero attached hydrogens (tertiary/aromatic N) is 5. The lowest BCUT2D eigenvalue weighted by atomic mass is 10.3. The van der Waals surface area contributed by atoms with Crippen LogP contribution in [0.25, 0.3) is 5.70 Å². The lowest BCUT2D eigenvalue weighted by Gasteiger charge is -2.22. The molecular weight excluding hydrogens is 282 g/mol. The highest BCUT2D eigenvalue weighted by atomic mass is 16.5. The second kappa shape index (κ2) is 7.93. The van der Waals surface area contributed by atoms with E-state index in [2.05, 4.69) is 20.0 Å². The predicted molar refractivity (Wildman–Crippen MR) is 85.5 cm³/mol. The Bertz CT molecular complexity index is 530. The number of hydrogen-bond acceptors (Lipinski definition) is 6. The molecule has 2 rings (SSSR count). The van der Waals surface area contributed by atoms with Gasteiger partial charge >= 0.3 is 0 Å². The number of methoxy groups -OCH3 is 1. The third-order valence-electron chi connectivity index (χ3n) is 3.45. The normalized spacial score (nSPS) is 16.5. The van der Waals surface area contributed by atoms with Gasteiger partial charge < -0.3 is 19.1 Å². The molecule has 0 spiro atoms. The molecule has 2 heterocycles. The standard InChI is InChI=1S/C15H25N5O2/c1-5-13-17-15(22-18-13)14(16-11-19(2)3)12(10-21-4)20-8-6-7-9-20/h11H,5-10H2,1-4H3. The Morgan fingerprint density at radius 3 is 2.68 bits per heavy atom. The van der Waals surface area contributed by atoms with Gasteiger partial charge in [-0.2, -0.15) is 4.98 Å². The van der Waals surface area contributed by atoms with Gasteiger partial charge in [-0.25, -0.2) is 4.99 Å². The van der Waals surface area contributed by atoms with Crippen molar-refractivity contribution in [1.29, 1.82) is 0 Å². The van der Waals surface area contributed by atoms with E-state index in [1.54, 1.807) is 13.4 Å². The van der Waals surface area contributed by atoms with Crippen molar-refractivity contribution in [2.24, 2.45) is 4.99 Å². The Morgan fingerprint density at radius 2 is 2.14 bits per heavy atom. The van der Waals surface area contributed by atoms with Crippen LogP contribution in [0.1, 0.15) is 31.5 Å². The van der Waals surface area contributed by atoms with Crippen molar-refractivity contribution < 1.29 is 9.26 Å². The Morgan fingerprint density at radius 1 is 1.41 bits per heavy atom. The highest BCUT2D eigenvalue weighted by Gasteiger charge is 2.22. The van der Waals surface area contributed by atoms with E-state index in [4.69, 9.17) is 9.26 Å². The topological polar surface area (TPSA) is 67.0 Å². The van der Waals surface area contributed by atoms with E-state index in [0.29, 0.717) is 24.0 Å². The fourth-order valence-corrected chi connectivity index (χ4v) is 2.35. The molecule has 0 radical (unpaired) electrons. The first-order valence-electron chi connectivity index (χ1n) is 7.66. The predicted octanol–water partition coefficient (Wildman–Crippen LogP) is 1.63. The summed E-state index contributed by atoms with van der Waals surface area (Å²) >= 11 is 0. The van der Waals surface area contributed by atoms with Crippen molar-refractivity contribution in [3.63, 3.8) is 0 Å². The molecule has 0 saturated carbocycles. The van der Waals surface area contributed by atoms with Gasteiger partial charge in [-0.15, -0.1) is 0 Å². The Balaban J connectivity index is 2.44. The fraction of sp³-hybridized carbons (Fsp3) is 0.667. The molecule has 22 heavy (non-hydrogen) atoms. The van der Waals surface area contributed by atoms with Crippen molar-refractivity contribution in [2.45, 2.75) is 26.2 Å². The van der Waals surface area contributed by atoms with E-state index >= 15 is 0 Å². The summed E-state index contributed by atoms with van der Waals surface area (Å²) in [5, 5.41) is 3.98. The van der Waals surface area contributed by atoms with Crippen LogP contribution in [-0.2, 0) is 11.2 Å². The van der Waals surface area contributed by atoms with Crippen LogP contribution in [0, 0.1) is 0 Å². The summed E-state index contributed by atoms with van der Waals surface area (Å²) in [4.78, 5) is 13.2. The molecule has 1 aromatic rings. The zero-order valence-corrected chi connectivity index (χ0v) is 13.9. The first kappa shape index (κ1) is 16.5. The van der Waals surface area contributed by atoms with Crippen molar-refractivity contribution >= 4 is 12.0 Å². The summed E-state index contributed by atoms with van der Waals surface area (Å²) in [6.07, 6.45) is 4.85. The average molecular weight is 307 g/mol. The zero-order chi connectivity index (χ0) is 15.9. The molecule has 0 unspecified atom stereocenters. The third-order valence-corrected chi connectivity index (χ3v) is 3.45. The van der Waals surface area contributed by atoms with E-state index in [9.17, 15) is 0 Å². The largest absolute Gasteiger partial charge is 0.378 e. The number of rotatable bonds is 7. The van der Waals surface area contributed by atoms with E-state index in [-0.39, 0.29) is 0 Å². The van der Waals surface area contributed by atoms with Gasteiger partial charge in [0, 0.05) is 40.7 Å². The first-order chi connectivity index (χ1) is 10.7. The smallest absolute Gasteiger partial charge is 0.278 e. The number of aromatic nitrogens is 2. The van der Waals surface area contributed by atoms with Crippen LogP contribution in [0.3, 0.4) is 0 Å². The van der Waals surface area contributed by atoms with Crippen molar-refractivity contribution in [2.75, 3.05) is 40.9 Å². The van der Waals surface area contributed by atoms with E-state index in [1.165, 1.54) is 12.8 Å². The molecule has 0 aliphatic carbocycles. The number of ether oxygens (including phenoxy) is 1. The quantitative estimate of drug-likeness (QED) is 0.563. The van der Waals surface area contributed by atoms with Gasteiger partial charge in [-0.1, -0.05) is 12.1 Å². The minimum atomic E-state index is 0.453. The van der Waals surface area contributed by atoms with Crippen LogP contribution >= 0.6 is 0 Å². The van der Waals surface area contributed by atoms with Crippen LogP contribution in [-0.4, -0.2) is 67.2 Å². The van der Waals surface area contributed by atoms with Gasteiger partial charge in [-0.3, -0.25) is 0 Å². The number of hydrogen-bond donors (Lipinski definition) is 0. The third kappa shape index (κ3) is 4.07. The van der Waals surface area contributed by atoms with Crippen LogP contribution in [0.15, 0.2) is 15.2 Å². The van der Waals surface area contributed by atoms with E-state index in [0.717, 1.165) is 25.2 Å². The van der Waals surface area contributed by atoms with Crippen molar-refractivity contribution in [3.05, 3.63) is 17.4 Å². The van der Waals surface area contributed by atoms with E-state index in [1.807, 2.05) is 25.9 Å². The Labute approximate surface area is 131 Å². The molecule has 0 bridgehead atoms. The maximum Gasteiger partial charge on any atom is 0.278 e. The van der Waals surface area contributed by atoms with Crippen LogP contribution in [0.5, 0.6) is 0 Å². The maximum absolute atomic E-state index is 5.40. The molecule has 7 heteroatoms. The molecule has 0 amide bonds. The Kier molecular flexibility index (Phi) is 5.94. The first-order valence-corrected chi connectivity index (χ1v) is 7.66. The minimum absolute atomic E-state index is 0.453. The molecule has 122 valence electrons. The molecule has 1 aliphatic heterocycles. The second-order valence-corrected chi connectivity index (χ2v) is 5.50. The van der Waals surface area contributed by atoms with Gasteiger partial charge in [0.15, 0.2) is 11.5 Å². The van der Waals surface area contributed by atoms with Crippen LogP contribution in [0.2, 0.25) is 0 Å². The molecule has 0 N–H and O–H groups in total.